The summed E-state index contributed by atoms with van der Waals surface area (Å²) in [5.41, 5.74) is 0.932. The zero-order chi connectivity index (χ0) is 17.8. The van der Waals surface area contributed by atoms with Gasteiger partial charge in [-0.15, -0.1) is 0 Å². The lowest BCUT2D eigenvalue weighted by Crippen LogP contribution is -2.50. The predicted octanol–water partition coefficient (Wildman–Crippen LogP) is 0.280. The second-order valence-electron chi connectivity index (χ2n) is 6.28. The standard InChI is InChI=1S/C17H22N4O4/c1-19(12-17(23)24)9-14-10-20(6-7-25-14)16(22)11-21-15-5-3-2-4-13(15)8-18-21/h2-5,8,14H,6-7,9-12H2,1H3,(H,23,24)/t14-/m0/s1. The van der Waals surface area contributed by atoms with Crippen LogP contribution in [0.2, 0.25) is 0 Å². The largest absolute Gasteiger partial charge is 0.480 e. The number of carboxylic acids is 1. The van der Waals surface area contributed by atoms with Crippen molar-refractivity contribution in [2.45, 2.75) is 12.6 Å². The number of morpholine rings is 1. The van der Waals surface area contributed by atoms with Crippen LogP contribution in [-0.2, 0) is 20.9 Å². The molecule has 1 fully saturated rings. The fraction of sp³-hybridized carbons (Fsp3) is 0.471. The topological polar surface area (TPSA) is 87.9 Å². The van der Waals surface area contributed by atoms with Crippen LogP contribution in [0.4, 0.5) is 0 Å². The number of amides is 1. The molecule has 0 saturated carbocycles. The summed E-state index contributed by atoms with van der Waals surface area (Å²) in [4.78, 5) is 26.8. The number of nitrogens with zero attached hydrogens (tertiary/aromatic N) is 4. The molecule has 1 aliphatic heterocycles. The third-order valence-electron chi connectivity index (χ3n) is 4.25. The van der Waals surface area contributed by atoms with E-state index in [9.17, 15) is 9.59 Å². The van der Waals surface area contributed by atoms with Crippen LogP contribution in [0.1, 0.15) is 0 Å². The molecule has 1 N–H and O–H groups in total. The summed E-state index contributed by atoms with van der Waals surface area (Å²) in [7, 11) is 1.73. The van der Waals surface area contributed by atoms with Crippen molar-refractivity contribution < 1.29 is 19.4 Å². The third-order valence-corrected chi connectivity index (χ3v) is 4.25. The maximum Gasteiger partial charge on any atom is 0.317 e. The summed E-state index contributed by atoms with van der Waals surface area (Å²) in [6.45, 7) is 2.06. The Balaban J connectivity index is 1.59. The molecule has 0 radical (unpaired) electrons. The Kier molecular flexibility index (Phi) is 5.30. The molecular formula is C17H22N4O4. The zero-order valence-corrected chi connectivity index (χ0v) is 14.2. The number of rotatable bonds is 6. The highest BCUT2D eigenvalue weighted by Gasteiger charge is 2.26. The van der Waals surface area contributed by atoms with Crippen LogP contribution in [0.3, 0.4) is 0 Å². The molecule has 1 amide bonds. The van der Waals surface area contributed by atoms with Crippen molar-refractivity contribution in [2.24, 2.45) is 0 Å². The average Bonchev–Trinajstić information content (AvgIpc) is 2.97. The van der Waals surface area contributed by atoms with Crippen LogP contribution in [0, 0.1) is 0 Å². The van der Waals surface area contributed by atoms with E-state index in [1.165, 1.54) is 0 Å². The first-order valence-corrected chi connectivity index (χ1v) is 8.23. The number of hydrogen-bond donors (Lipinski definition) is 1. The van der Waals surface area contributed by atoms with Crippen molar-refractivity contribution in [3.63, 3.8) is 0 Å². The van der Waals surface area contributed by atoms with E-state index in [0.29, 0.717) is 26.2 Å². The Morgan fingerprint density at radius 2 is 2.20 bits per heavy atom. The van der Waals surface area contributed by atoms with E-state index in [1.807, 2.05) is 24.3 Å². The Labute approximate surface area is 145 Å². The van der Waals surface area contributed by atoms with Gasteiger partial charge in [-0.05, 0) is 13.1 Å². The maximum absolute atomic E-state index is 12.6. The van der Waals surface area contributed by atoms with E-state index in [2.05, 4.69) is 5.10 Å². The first-order chi connectivity index (χ1) is 12.0. The minimum absolute atomic E-state index is 0.0111. The smallest absolute Gasteiger partial charge is 0.317 e. The highest BCUT2D eigenvalue weighted by molar-refractivity contribution is 5.82. The third kappa shape index (κ3) is 4.34. The van der Waals surface area contributed by atoms with Crippen LogP contribution in [-0.4, -0.2) is 82.5 Å². The van der Waals surface area contributed by atoms with Gasteiger partial charge in [-0.1, -0.05) is 18.2 Å². The number of hydrogen-bond acceptors (Lipinski definition) is 5. The Morgan fingerprint density at radius 3 is 3.00 bits per heavy atom. The summed E-state index contributed by atoms with van der Waals surface area (Å²) < 4.78 is 7.37. The number of para-hydroxylation sites is 1. The van der Waals surface area contributed by atoms with Gasteiger partial charge in [0.25, 0.3) is 0 Å². The SMILES string of the molecule is CN(CC(=O)O)C[C@H]1CN(C(=O)Cn2ncc3ccccc32)CCO1. The number of benzene rings is 1. The molecule has 0 unspecified atom stereocenters. The lowest BCUT2D eigenvalue weighted by Gasteiger charge is -2.34. The molecule has 2 aromatic rings. The van der Waals surface area contributed by atoms with E-state index < -0.39 is 5.97 Å². The zero-order valence-electron chi connectivity index (χ0n) is 14.2. The fourth-order valence-electron chi connectivity index (χ4n) is 3.08. The van der Waals surface area contributed by atoms with E-state index in [1.54, 1.807) is 27.7 Å². The Bertz CT molecular complexity index is 760. The number of carbonyl (C=O) groups excluding carboxylic acids is 1. The molecule has 8 nitrogen and oxygen atoms in total. The number of likely N-dealkylation sites (N-methyl/N-ethyl adjacent to an activating group) is 1. The summed E-state index contributed by atoms with van der Waals surface area (Å²) in [6.07, 6.45) is 1.57. The van der Waals surface area contributed by atoms with Gasteiger partial charge >= 0.3 is 5.97 Å². The van der Waals surface area contributed by atoms with Gasteiger partial charge in [0.05, 0.1) is 31.0 Å². The molecule has 1 atom stereocenters. The molecule has 25 heavy (non-hydrogen) atoms. The molecular weight excluding hydrogens is 324 g/mol. The highest BCUT2D eigenvalue weighted by Crippen LogP contribution is 2.14. The van der Waals surface area contributed by atoms with Crippen LogP contribution in [0.25, 0.3) is 10.9 Å². The Morgan fingerprint density at radius 1 is 1.40 bits per heavy atom. The van der Waals surface area contributed by atoms with Gasteiger partial charge in [0, 0.05) is 25.0 Å². The minimum Gasteiger partial charge on any atom is -0.480 e. The quantitative estimate of drug-likeness (QED) is 0.808. The summed E-state index contributed by atoms with van der Waals surface area (Å²) in [5.74, 6) is -0.889. The van der Waals surface area contributed by atoms with E-state index in [4.69, 9.17) is 9.84 Å². The number of fused-ring (bicyclic) bond motifs is 1. The van der Waals surface area contributed by atoms with Crippen molar-refractivity contribution in [1.82, 2.24) is 19.6 Å². The van der Waals surface area contributed by atoms with Crippen LogP contribution < -0.4 is 0 Å². The first kappa shape index (κ1) is 17.4. The highest BCUT2D eigenvalue weighted by atomic mass is 16.5. The first-order valence-electron chi connectivity index (χ1n) is 8.23. The normalized spacial score (nSPS) is 18.0. The van der Waals surface area contributed by atoms with Crippen molar-refractivity contribution in [1.29, 1.82) is 0 Å². The number of ether oxygens (including phenoxy) is 1. The van der Waals surface area contributed by atoms with Crippen molar-refractivity contribution >= 4 is 22.8 Å². The molecule has 1 saturated heterocycles. The molecule has 0 bridgehead atoms. The molecule has 1 aromatic heterocycles. The maximum atomic E-state index is 12.6. The van der Waals surface area contributed by atoms with E-state index in [0.717, 1.165) is 10.9 Å². The molecule has 134 valence electrons. The molecule has 0 spiro atoms. The lowest BCUT2D eigenvalue weighted by molar-refractivity contribution is -0.142. The summed E-state index contributed by atoms with van der Waals surface area (Å²) in [5, 5.41) is 14.1. The van der Waals surface area contributed by atoms with Gasteiger partial charge in [0.1, 0.15) is 6.54 Å². The number of aliphatic carboxylic acids is 1. The van der Waals surface area contributed by atoms with Crippen molar-refractivity contribution in [3.05, 3.63) is 30.5 Å². The molecule has 0 aliphatic carbocycles. The number of carbonyl (C=O) groups is 2. The van der Waals surface area contributed by atoms with Gasteiger partial charge in [0.15, 0.2) is 0 Å². The molecule has 8 heteroatoms. The van der Waals surface area contributed by atoms with E-state index in [-0.39, 0.29) is 25.1 Å². The molecule has 3 rings (SSSR count). The van der Waals surface area contributed by atoms with Crippen molar-refractivity contribution in [2.75, 3.05) is 39.8 Å². The van der Waals surface area contributed by atoms with Crippen LogP contribution in [0.15, 0.2) is 30.5 Å². The lowest BCUT2D eigenvalue weighted by atomic mass is 10.2. The van der Waals surface area contributed by atoms with Gasteiger partial charge in [-0.2, -0.15) is 5.10 Å². The minimum atomic E-state index is -0.878. The van der Waals surface area contributed by atoms with Gasteiger partial charge < -0.3 is 14.7 Å². The second kappa shape index (κ2) is 7.62. The average molecular weight is 346 g/mol. The van der Waals surface area contributed by atoms with Gasteiger partial charge in [-0.25, -0.2) is 0 Å². The summed E-state index contributed by atoms with van der Waals surface area (Å²) in [6, 6.07) is 7.77. The molecule has 1 aliphatic rings. The number of aromatic nitrogens is 2. The summed E-state index contributed by atoms with van der Waals surface area (Å²) >= 11 is 0. The second-order valence-corrected chi connectivity index (χ2v) is 6.28. The monoisotopic (exact) mass is 346 g/mol. The van der Waals surface area contributed by atoms with Crippen molar-refractivity contribution in [3.8, 4) is 0 Å². The molecule has 1 aromatic carbocycles. The van der Waals surface area contributed by atoms with Crippen LogP contribution in [0.5, 0.6) is 0 Å². The predicted molar refractivity (Wildman–Crippen MR) is 91.2 cm³/mol. The van der Waals surface area contributed by atoms with Crippen LogP contribution >= 0.6 is 0 Å². The Hall–Kier alpha value is -2.45. The number of carboxylic acid groups (broad SMARTS) is 1. The fourth-order valence-corrected chi connectivity index (χ4v) is 3.08. The van der Waals surface area contributed by atoms with Gasteiger partial charge in [0.2, 0.25) is 5.91 Å². The van der Waals surface area contributed by atoms with E-state index >= 15 is 0 Å². The molecule has 2 heterocycles. The van der Waals surface area contributed by atoms with Gasteiger partial charge in [-0.3, -0.25) is 19.2 Å².